The smallest absolute Gasteiger partial charge is 0.307 e. The van der Waals surface area contributed by atoms with Crippen LogP contribution in [0.3, 0.4) is 0 Å². The number of halogens is 5. The zero-order valence-corrected chi connectivity index (χ0v) is 34.8. The summed E-state index contributed by atoms with van der Waals surface area (Å²) in [5.41, 5.74) is 9.78. The van der Waals surface area contributed by atoms with E-state index in [1.165, 1.54) is 7.11 Å². The Balaban J connectivity index is 0.000000182. The monoisotopic (exact) mass is 1050 g/mol. The molecule has 22 heteroatoms. The number of nitrogens with two attached hydrogens (primary N) is 1. The number of aryl methyl sites for hydroxylation is 1. The molecule has 0 spiro atoms. The summed E-state index contributed by atoms with van der Waals surface area (Å²) in [6.45, 7) is 1.64. The minimum atomic E-state index is -0.962. The summed E-state index contributed by atoms with van der Waals surface area (Å²) in [5, 5.41) is 24.4. The Morgan fingerprint density at radius 3 is 1.86 bits per heavy atom. The number of nitro benzene ring substituents is 2. The summed E-state index contributed by atoms with van der Waals surface area (Å²) < 4.78 is 37.3. The van der Waals surface area contributed by atoms with E-state index >= 15 is 0 Å². The third-order valence-electron chi connectivity index (χ3n) is 8.02. The number of pyridine rings is 2. The Morgan fingerprint density at radius 1 is 0.797 bits per heavy atom. The first kappa shape index (κ1) is 43.9. The number of ether oxygens (including phenoxy) is 1. The number of rotatable bonds is 7. The van der Waals surface area contributed by atoms with Gasteiger partial charge >= 0.3 is 11.4 Å². The third kappa shape index (κ3) is 9.92. The zero-order chi connectivity index (χ0) is 41.7. The van der Waals surface area contributed by atoms with Crippen molar-refractivity contribution in [1.82, 2.24) is 38.7 Å². The first-order chi connectivity index (χ1) is 27.7. The molecular formula is C37H29ClF2I2N12O5. The number of anilines is 3. The van der Waals surface area contributed by atoms with E-state index in [4.69, 9.17) is 17.3 Å². The molecule has 6 aromatic heterocycles. The number of methoxy groups -OCH3 is 1. The minimum Gasteiger partial charge on any atom is -0.494 e. The van der Waals surface area contributed by atoms with Crippen molar-refractivity contribution in [3.05, 3.63) is 148 Å². The third-order valence-corrected chi connectivity index (χ3v) is 9.88. The van der Waals surface area contributed by atoms with Gasteiger partial charge in [-0.1, -0.05) is 7.43 Å². The largest absolute Gasteiger partial charge is 0.494 e. The molecule has 3 N–H and O–H groups in total. The van der Waals surface area contributed by atoms with Gasteiger partial charge in [-0.25, -0.2) is 29.9 Å². The Labute approximate surface area is 365 Å². The van der Waals surface area contributed by atoms with E-state index in [0.29, 0.717) is 16.9 Å². The van der Waals surface area contributed by atoms with Gasteiger partial charge in [0.2, 0.25) is 22.9 Å². The molecule has 6 heterocycles. The average molecular weight is 1050 g/mol. The molecule has 0 amide bonds. The number of aromatic nitrogens is 8. The molecule has 59 heavy (non-hydrogen) atoms. The van der Waals surface area contributed by atoms with Crippen molar-refractivity contribution in [2.45, 2.75) is 14.4 Å². The molecular weight excluding hydrogens is 1020 g/mol. The summed E-state index contributed by atoms with van der Waals surface area (Å²) in [6, 6.07) is 15.5. The number of nitro groups is 2. The van der Waals surface area contributed by atoms with E-state index in [1.807, 2.05) is 51.5 Å². The van der Waals surface area contributed by atoms with Gasteiger partial charge in [-0.3, -0.25) is 29.0 Å². The van der Waals surface area contributed by atoms with Gasteiger partial charge in [0.15, 0.2) is 11.3 Å². The maximum Gasteiger partial charge on any atom is 0.307 e. The van der Waals surface area contributed by atoms with Crippen LogP contribution in [0.1, 0.15) is 13.0 Å². The van der Waals surface area contributed by atoms with E-state index in [2.05, 4.69) is 85.1 Å². The van der Waals surface area contributed by atoms with Crippen molar-refractivity contribution < 1.29 is 23.4 Å². The summed E-state index contributed by atoms with van der Waals surface area (Å²) in [7, 11) is 1.30. The molecule has 0 atom stereocenters. The Bertz CT molecular complexity index is 2850. The highest BCUT2D eigenvalue weighted by Crippen LogP contribution is 2.30. The summed E-state index contributed by atoms with van der Waals surface area (Å²) >= 11 is 10.3. The molecule has 0 unspecified atom stereocenters. The maximum atomic E-state index is 13.7. The fourth-order valence-electron chi connectivity index (χ4n) is 5.30. The number of fused-ring (bicyclic) bond motifs is 2. The molecule has 0 fully saturated rings. The van der Waals surface area contributed by atoms with Gasteiger partial charge in [-0.05, 0) is 112 Å². The molecule has 2 aromatic carbocycles. The summed E-state index contributed by atoms with van der Waals surface area (Å²) in [4.78, 5) is 45.1. The quantitative estimate of drug-likeness (QED) is 0.0500. The van der Waals surface area contributed by atoms with Crippen LogP contribution in [0.25, 0.3) is 34.1 Å². The molecule has 302 valence electrons. The highest BCUT2D eigenvalue weighted by Gasteiger charge is 2.19. The number of hydrogen-bond donors (Lipinski definition) is 2. The molecule has 8 rings (SSSR count). The first-order valence-corrected chi connectivity index (χ1v) is 18.8. The topological polar surface area (TPSA) is 220 Å². The van der Waals surface area contributed by atoms with Crippen LogP contribution >= 0.6 is 56.8 Å². The van der Waals surface area contributed by atoms with Gasteiger partial charge in [-0.2, -0.15) is 8.78 Å². The van der Waals surface area contributed by atoms with Crippen molar-refractivity contribution in [3.63, 3.8) is 0 Å². The van der Waals surface area contributed by atoms with Crippen LogP contribution in [0.4, 0.5) is 37.5 Å². The molecule has 17 nitrogen and oxygen atoms in total. The van der Waals surface area contributed by atoms with Gasteiger partial charge in [0.25, 0.3) is 0 Å². The fourth-order valence-corrected chi connectivity index (χ4v) is 6.66. The lowest BCUT2D eigenvalue weighted by Crippen LogP contribution is -2.02. The molecule has 0 aliphatic carbocycles. The molecule has 0 radical (unpaired) electrons. The van der Waals surface area contributed by atoms with Crippen LogP contribution in [0.15, 0.2) is 97.8 Å². The number of hydrogen-bond acceptors (Lipinski definition) is 13. The van der Waals surface area contributed by atoms with Crippen LogP contribution in [0.2, 0.25) is 5.28 Å². The van der Waals surface area contributed by atoms with Crippen LogP contribution in [0.5, 0.6) is 5.75 Å². The lowest BCUT2D eigenvalue weighted by atomic mass is 10.1. The lowest BCUT2D eigenvalue weighted by molar-refractivity contribution is -0.387. The van der Waals surface area contributed by atoms with Crippen molar-refractivity contribution in [2.75, 3.05) is 18.2 Å². The normalized spacial score (nSPS) is 10.5. The SMILES string of the molecule is C.COc1cc(F)c([N+](=O)[O-])cc1N.Cc1cc(F)c([N+](=O)[O-])cc1Nc1nccc(-c2cnc3c(I)cccn23)n1.Clc1nccc(-c2cnc3c(I)cccn23)n1. The van der Waals surface area contributed by atoms with Crippen LogP contribution in [-0.2, 0) is 0 Å². The Hall–Kier alpha value is -6.21. The molecule has 0 bridgehead atoms. The van der Waals surface area contributed by atoms with Crippen molar-refractivity contribution in [2.24, 2.45) is 0 Å². The number of nitrogens with zero attached hydrogens (tertiary/aromatic N) is 10. The second kappa shape index (κ2) is 19.0. The van der Waals surface area contributed by atoms with Gasteiger partial charge in [0, 0.05) is 43.0 Å². The lowest BCUT2D eigenvalue weighted by Gasteiger charge is -2.09. The van der Waals surface area contributed by atoms with E-state index < -0.39 is 32.9 Å². The fraction of sp³-hybridized carbons (Fsp3) is 0.0811. The standard InChI is InChI=1S/C18H12FIN6O2.C11H6ClIN4.C7H7FN2O3.CH4/c1-10-7-11(19)15(26(27)28)8-14(10)24-18-21-5-4-13(23-18)16-9-22-17-12(20)3-2-6-25(16)17;12-11-14-4-3-8(16-11)9-6-15-10-7(13)2-1-5-17(9)10;1-13-7-2-4(8)6(10(11)12)3-5(7)9;/h2-9H,1H3,(H,21,23,24);1-6H;2-3H,9H2,1H3;1H4. The molecule has 0 saturated carbocycles. The maximum absolute atomic E-state index is 13.7. The number of nitrogen functional groups attached to an aromatic ring is 1. The van der Waals surface area contributed by atoms with Gasteiger partial charge in [0.1, 0.15) is 5.75 Å². The predicted octanol–water partition coefficient (Wildman–Crippen LogP) is 9.51. The zero-order valence-electron chi connectivity index (χ0n) is 29.7. The van der Waals surface area contributed by atoms with Gasteiger partial charge in [-0.15, -0.1) is 0 Å². The van der Waals surface area contributed by atoms with Gasteiger partial charge < -0.3 is 15.8 Å². The second-order valence-electron chi connectivity index (χ2n) is 11.7. The Kier molecular flexibility index (Phi) is 14.2. The van der Waals surface area contributed by atoms with Gasteiger partial charge in [0.05, 0.1) is 70.6 Å². The second-order valence-corrected chi connectivity index (χ2v) is 14.3. The minimum absolute atomic E-state index is 0. The number of imidazole rings is 2. The summed E-state index contributed by atoms with van der Waals surface area (Å²) in [5.74, 6) is -1.52. The Morgan fingerprint density at radius 2 is 1.32 bits per heavy atom. The van der Waals surface area contributed by atoms with Crippen LogP contribution in [-0.4, -0.2) is 55.7 Å². The van der Waals surface area contributed by atoms with Crippen molar-refractivity contribution in [3.8, 4) is 28.5 Å². The predicted molar refractivity (Wildman–Crippen MR) is 235 cm³/mol. The molecule has 8 aromatic rings. The summed E-state index contributed by atoms with van der Waals surface area (Å²) in [6.07, 6.45) is 10.6. The van der Waals surface area contributed by atoms with Crippen LogP contribution < -0.4 is 15.8 Å². The van der Waals surface area contributed by atoms with E-state index in [1.54, 1.807) is 37.8 Å². The number of nitrogens with one attached hydrogen (secondary N) is 1. The first-order valence-electron chi connectivity index (χ1n) is 16.3. The van der Waals surface area contributed by atoms with E-state index in [-0.39, 0.29) is 30.1 Å². The number of benzene rings is 2. The van der Waals surface area contributed by atoms with Crippen LogP contribution in [0, 0.1) is 45.9 Å². The molecule has 0 saturated heterocycles. The molecule has 0 aliphatic rings. The average Bonchev–Trinajstić information content (AvgIpc) is 3.84. The van der Waals surface area contributed by atoms with Crippen molar-refractivity contribution in [1.29, 1.82) is 0 Å². The van der Waals surface area contributed by atoms with E-state index in [9.17, 15) is 29.0 Å². The van der Waals surface area contributed by atoms with E-state index in [0.717, 1.165) is 59.8 Å². The highest BCUT2D eigenvalue weighted by atomic mass is 127. The highest BCUT2D eigenvalue weighted by molar-refractivity contribution is 14.1. The van der Waals surface area contributed by atoms with Crippen molar-refractivity contribution >= 4 is 96.8 Å². The molecule has 0 aliphatic heterocycles.